The minimum absolute atomic E-state index is 0.0691. The Morgan fingerprint density at radius 1 is 0.731 bits per heavy atom. The number of nitrogens with one attached hydrogen (secondary N) is 1. The molecule has 0 aromatic heterocycles. The van der Waals surface area contributed by atoms with Crippen molar-refractivity contribution in [3.63, 3.8) is 0 Å². The van der Waals surface area contributed by atoms with Gasteiger partial charge >= 0.3 is 12.4 Å². The van der Waals surface area contributed by atoms with Crippen LogP contribution in [0.4, 0.5) is 26.3 Å². The fourth-order valence-corrected chi connectivity index (χ4v) is 2.45. The van der Waals surface area contributed by atoms with E-state index in [1.165, 1.54) is 24.3 Å². The van der Waals surface area contributed by atoms with E-state index in [2.05, 4.69) is 5.32 Å². The average molecular weight is 375 g/mol. The molecule has 0 fully saturated rings. The van der Waals surface area contributed by atoms with Crippen LogP contribution in [0.15, 0.2) is 48.5 Å². The summed E-state index contributed by atoms with van der Waals surface area (Å²) in [4.78, 5) is 0. The Morgan fingerprint density at radius 2 is 1.15 bits per heavy atom. The number of halogens is 6. The summed E-state index contributed by atoms with van der Waals surface area (Å²) in [6, 6.07) is 10.1. The van der Waals surface area contributed by atoms with Crippen LogP contribution in [0, 0.1) is 0 Å². The maximum Gasteiger partial charge on any atom is 0.416 e. The topological polar surface area (TPSA) is 12.0 Å². The second-order valence-electron chi connectivity index (χ2n) is 6.21. The third-order valence-corrected chi connectivity index (χ3v) is 4.08. The number of aryl methyl sites for hydroxylation is 1. The molecular weight excluding hydrogens is 356 g/mol. The summed E-state index contributed by atoms with van der Waals surface area (Å²) in [5.41, 5.74) is 0.187. The molecule has 0 saturated carbocycles. The lowest BCUT2D eigenvalue weighted by Gasteiger charge is -2.15. The fraction of sp³-hybridized carbons (Fsp3) is 0.368. The van der Waals surface area contributed by atoms with E-state index in [1.807, 2.05) is 6.92 Å². The molecule has 2 aromatic carbocycles. The SMILES string of the molecule is CC(CCc1ccc(C(F)(F)F)cc1)NCc1ccc(C(F)(F)F)cc1. The van der Waals surface area contributed by atoms with E-state index in [1.54, 1.807) is 0 Å². The smallest absolute Gasteiger partial charge is 0.310 e. The van der Waals surface area contributed by atoms with Gasteiger partial charge < -0.3 is 5.32 Å². The molecule has 1 nitrogen and oxygen atoms in total. The maximum absolute atomic E-state index is 12.5. The molecule has 2 aromatic rings. The van der Waals surface area contributed by atoms with Gasteiger partial charge in [-0.2, -0.15) is 26.3 Å². The van der Waals surface area contributed by atoms with Crippen molar-refractivity contribution in [2.24, 2.45) is 0 Å². The molecule has 0 aliphatic rings. The van der Waals surface area contributed by atoms with Crippen molar-refractivity contribution in [1.29, 1.82) is 0 Å². The summed E-state index contributed by atoms with van der Waals surface area (Å²) < 4.78 is 75.1. The van der Waals surface area contributed by atoms with Gasteiger partial charge in [-0.15, -0.1) is 0 Å². The van der Waals surface area contributed by atoms with Crippen LogP contribution >= 0.6 is 0 Å². The summed E-state index contributed by atoms with van der Waals surface area (Å²) in [6.45, 7) is 2.35. The fourth-order valence-electron chi connectivity index (χ4n) is 2.45. The first-order valence-electron chi connectivity index (χ1n) is 8.11. The summed E-state index contributed by atoms with van der Waals surface area (Å²) in [5.74, 6) is 0. The van der Waals surface area contributed by atoms with E-state index >= 15 is 0 Å². The van der Waals surface area contributed by atoms with Crippen molar-refractivity contribution in [1.82, 2.24) is 5.32 Å². The Balaban J connectivity index is 1.79. The summed E-state index contributed by atoms with van der Waals surface area (Å²) in [7, 11) is 0. The number of rotatable bonds is 6. The quantitative estimate of drug-likeness (QED) is 0.626. The molecule has 0 spiro atoms. The largest absolute Gasteiger partial charge is 0.416 e. The monoisotopic (exact) mass is 375 g/mol. The standard InChI is InChI=1S/C19H19F6N/c1-13(2-3-14-4-8-16(9-5-14)18(20,21)22)26-12-15-6-10-17(11-7-15)19(23,24)25/h4-11,13,26H,2-3,12H2,1H3. The first-order valence-corrected chi connectivity index (χ1v) is 8.11. The molecule has 0 amide bonds. The predicted molar refractivity (Wildman–Crippen MR) is 87.5 cm³/mol. The van der Waals surface area contributed by atoms with Crippen molar-refractivity contribution in [2.45, 2.75) is 44.7 Å². The number of benzene rings is 2. The van der Waals surface area contributed by atoms with Gasteiger partial charge in [0.25, 0.3) is 0 Å². The molecule has 0 saturated heterocycles. The highest BCUT2D eigenvalue weighted by atomic mass is 19.4. The van der Waals surface area contributed by atoms with Crippen molar-refractivity contribution in [3.05, 3.63) is 70.8 Å². The van der Waals surface area contributed by atoms with Crippen LogP contribution in [-0.2, 0) is 25.3 Å². The molecule has 1 unspecified atom stereocenters. The van der Waals surface area contributed by atoms with E-state index in [4.69, 9.17) is 0 Å². The second kappa shape index (κ2) is 8.12. The van der Waals surface area contributed by atoms with Gasteiger partial charge in [0.2, 0.25) is 0 Å². The molecule has 0 aliphatic carbocycles. The van der Waals surface area contributed by atoms with Crippen LogP contribution < -0.4 is 5.32 Å². The van der Waals surface area contributed by atoms with Gasteiger partial charge in [0.15, 0.2) is 0 Å². The van der Waals surface area contributed by atoms with Crippen LogP contribution in [-0.4, -0.2) is 6.04 Å². The van der Waals surface area contributed by atoms with Gasteiger partial charge in [-0.25, -0.2) is 0 Å². The summed E-state index contributed by atoms with van der Waals surface area (Å²) in [6.07, 6.45) is -7.37. The van der Waals surface area contributed by atoms with Gasteiger partial charge in [-0.3, -0.25) is 0 Å². The molecule has 0 bridgehead atoms. The molecule has 1 N–H and O–H groups in total. The van der Waals surface area contributed by atoms with Crippen molar-refractivity contribution < 1.29 is 26.3 Å². The van der Waals surface area contributed by atoms with Crippen LogP contribution in [0.5, 0.6) is 0 Å². The second-order valence-corrected chi connectivity index (χ2v) is 6.21. The van der Waals surface area contributed by atoms with E-state index in [0.29, 0.717) is 19.4 Å². The molecule has 0 radical (unpaired) electrons. The van der Waals surface area contributed by atoms with Gasteiger partial charge in [-0.1, -0.05) is 24.3 Å². The number of hydrogen-bond donors (Lipinski definition) is 1. The molecule has 2 rings (SSSR count). The van der Waals surface area contributed by atoms with Crippen LogP contribution in [0.1, 0.15) is 35.6 Å². The van der Waals surface area contributed by atoms with Crippen molar-refractivity contribution in [3.8, 4) is 0 Å². The maximum atomic E-state index is 12.5. The molecule has 26 heavy (non-hydrogen) atoms. The van der Waals surface area contributed by atoms with Gasteiger partial charge in [0.1, 0.15) is 0 Å². The predicted octanol–water partition coefficient (Wildman–Crippen LogP) is 5.84. The first kappa shape index (κ1) is 20.3. The molecule has 7 heteroatoms. The van der Waals surface area contributed by atoms with Gasteiger partial charge in [0, 0.05) is 12.6 Å². The highest BCUT2D eigenvalue weighted by Crippen LogP contribution is 2.30. The van der Waals surface area contributed by atoms with E-state index in [-0.39, 0.29) is 6.04 Å². The third-order valence-electron chi connectivity index (χ3n) is 4.08. The van der Waals surface area contributed by atoms with Crippen molar-refractivity contribution in [2.75, 3.05) is 0 Å². The van der Waals surface area contributed by atoms with E-state index in [0.717, 1.165) is 35.4 Å². The molecule has 0 aliphatic heterocycles. The lowest BCUT2D eigenvalue weighted by atomic mass is 10.0. The van der Waals surface area contributed by atoms with Crippen LogP contribution in [0.25, 0.3) is 0 Å². The zero-order chi connectivity index (χ0) is 19.4. The van der Waals surface area contributed by atoms with E-state index in [9.17, 15) is 26.3 Å². The normalized spacial score (nSPS) is 13.7. The Labute approximate surface area is 148 Å². The highest BCUT2D eigenvalue weighted by molar-refractivity contribution is 5.25. The molecular formula is C19H19F6N. The summed E-state index contributed by atoms with van der Waals surface area (Å²) in [5, 5.41) is 3.20. The summed E-state index contributed by atoms with van der Waals surface area (Å²) >= 11 is 0. The Kier molecular flexibility index (Phi) is 6.34. The molecule has 142 valence electrons. The average Bonchev–Trinajstić information content (AvgIpc) is 2.57. The number of hydrogen-bond acceptors (Lipinski definition) is 1. The molecule has 1 atom stereocenters. The molecule has 0 heterocycles. The van der Waals surface area contributed by atoms with Crippen LogP contribution in [0.3, 0.4) is 0 Å². The highest BCUT2D eigenvalue weighted by Gasteiger charge is 2.30. The first-order chi connectivity index (χ1) is 12.1. The lowest BCUT2D eigenvalue weighted by molar-refractivity contribution is -0.138. The Morgan fingerprint density at radius 3 is 1.58 bits per heavy atom. The van der Waals surface area contributed by atoms with Crippen molar-refractivity contribution >= 4 is 0 Å². The van der Waals surface area contributed by atoms with E-state index < -0.39 is 23.5 Å². The zero-order valence-electron chi connectivity index (χ0n) is 14.1. The minimum Gasteiger partial charge on any atom is -0.310 e. The third kappa shape index (κ3) is 6.05. The lowest BCUT2D eigenvalue weighted by Crippen LogP contribution is -2.26. The Hall–Kier alpha value is -2.02. The van der Waals surface area contributed by atoms with Gasteiger partial charge in [0.05, 0.1) is 11.1 Å². The Bertz CT molecular complexity index is 624. The number of alkyl halides is 6. The minimum atomic E-state index is -4.35. The van der Waals surface area contributed by atoms with Crippen LogP contribution in [0.2, 0.25) is 0 Å². The van der Waals surface area contributed by atoms with Gasteiger partial charge in [-0.05, 0) is 55.2 Å². The zero-order valence-corrected chi connectivity index (χ0v) is 14.1.